The van der Waals surface area contributed by atoms with E-state index >= 15 is 0 Å². The van der Waals surface area contributed by atoms with E-state index in [0.29, 0.717) is 12.6 Å². The Bertz CT molecular complexity index is 375. The van der Waals surface area contributed by atoms with Crippen LogP contribution in [0.3, 0.4) is 0 Å². The number of nitrogens with two attached hydrogens (primary N) is 1. The largest absolute Gasteiger partial charge is 0.365 e. The summed E-state index contributed by atoms with van der Waals surface area (Å²) in [6, 6.07) is 2.38. The maximum atomic E-state index is 5.61. The fraction of sp³-hybridized carbons (Fsp3) is 0.692. The Morgan fingerprint density at radius 3 is 2.61 bits per heavy atom. The highest BCUT2D eigenvalue weighted by Gasteiger charge is 2.17. The molecule has 0 aliphatic heterocycles. The van der Waals surface area contributed by atoms with Crippen molar-refractivity contribution in [2.24, 2.45) is 5.73 Å². The molecule has 0 aliphatic rings. The van der Waals surface area contributed by atoms with Crippen molar-refractivity contribution < 1.29 is 0 Å². The third-order valence-corrected chi connectivity index (χ3v) is 3.02. The molecule has 0 aliphatic carbocycles. The van der Waals surface area contributed by atoms with E-state index in [4.69, 9.17) is 5.73 Å². The molecule has 0 atom stereocenters. The van der Waals surface area contributed by atoms with Gasteiger partial charge in [-0.2, -0.15) is 0 Å². The van der Waals surface area contributed by atoms with Crippen LogP contribution >= 0.6 is 0 Å². The second-order valence-corrected chi connectivity index (χ2v) is 5.51. The summed E-state index contributed by atoms with van der Waals surface area (Å²) in [7, 11) is 2.03. The van der Waals surface area contributed by atoms with E-state index in [1.54, 1.807) is 6.33 Å². The van der Waals surface area contributed by atoms with E-state index in [2.05, 4.69) is 47.9 Å². The van der Waals surface area contributed by atoms with Gasteiger partial charge >= 0.3 is 0 Å². The minimum atomic E-state index is -0.0588. The Labute approximate surface area is 110 Å². The molecule has 0 radical (unpaired) electrons. The van der Waals surface area contributed by atoms with E-state index in [1.807, 2.05) is 13.1 Å². The van der Waals surface area contributed by atoms with E-state index in [-0.39, 0.29) is 5.54 Å². The molecule has 0 amide bonds. The summed E-state index contributed by atoms with van der Waals surface area (Å²) in [6.45, 7) is 9.16. The van der Waals surface area contributed by atoms with Crippen molar-refractivity contribution in [1.82, 2.24) is 9.97 Å². The quantitative estimate of drug-likeness (QED) is 0.808. The van der Waals surface area contributed by atoms with Crippen LogP contribution in [0.2, 0.25) is 0 Å². The average molecular weight is 251 g/mol. The van der Waals surface area contributed by atoms with Crippen molar-refractivity contribution in [2.45, 2.75) is 45.7 Å². The highest BCUT2D eigenvalue weighted by Crippen LogP contribution is 2.19. The maximum absolute atomic E-state index is 5.61. The lowest BCUT2D eigenvalue weighted by molar-refractivity contribution is 0.524. The highest BCUT2D eigenvalue weighted by molar-refractivity contribution is 5.49. The summed E-state index contributed by atoms with van der Waals surface area (Å²) in [5.41, 5.74) is 5.55. The van der Waals surface area contributed by atoms with Gasteiger partial charge in [-0.1, -0.05) is 0 Å². The summed E-state index contributed by atoms with van der Waals surface area (Å²) >= 11 is 0. The normalized spacial score (nSPS) is 11.7. The van der Waals surface area contributed by atoms with Crippen LogP contribution in [0.1, 0.15) is 34.1 Å². The van der Waals surface area contributed by atoms with E-state index in [0.717, 1.165) is 18.1 Å². The molecule has 0 bridgehead atoms. The first-order valence-electron chi connectivity index (χ1n) is 6.39. The summed E-state index contributed by atoms with van der Waals surface area (Å²) < 4.78 is 0. The second-order valence-electron chi connectivity index (χ2n) is 5.51. The van der Waals surface area contributed by atoms with Crippen molar-refractivity contribution in [1.29, 1.82) is 0 Å². The number of hydrogen-bond donors (Lipinski definition) is 2. The predicted molar refractivity (Wildman–Crippen MR) is 76.9 cm³/mol. The van der Waals surface area contributed by atoms with Gasteiger partial charge in [-0.25, -0.2) is 9.97 Å². The molecule has 0 unspecified atom stereocenters. The van der Waals surface area contributed by atoms with Gasteiger partial charge in [0.1, 0.15) is 18.0 Å². The van der Waals surface area contributed by atoms with E-state index in [1.165, 1.54) is 0 Å². The SMILES string of the molecule is CC(C)N(C)c1cc(NC(C)(C)CCN)ncn1. The summed E-state index contributed by atoms with van der Waals surface area (Å²) in [5, 5.41) is 3.40. The number of hydrogen-bond acceptors (Lipinski definition) is 5. The molecule has 0 fully saturated rings. The Hall–Kier alpha value is -1.36. The molecule has 0 spiro atoms. The summed E-state index contributed by atoms with van der Waals surface area (Å²) in [5.74, 6) is 1.76. The molecule has 0 aromatic carbocycles. The molecule has 5 heteroatoms. The Morgan fingerprint density at radius 1 is 1.39 bits per heavy atom. The fourth-order valence-electron chi connectivity index (χ4n) is 1.64. The van der Waals surface area contributed by atoms with Gasteiger partial charge in [0.15, 0.2) is 0 Å². The van der Waals surface area contributed by atoms with Gasteiger partial charge in [-0.3, -0.25) is 0 Å². The minimum absolute atomic E-state index is 0.0588. The zero-order chi connectivity index (χ0) is 13.8. The number of anilines is 2. The molecule has 18 heavy (non-hydrogen) atoms. The van der Waals surface area contributed by atoms with Crippen LogP contribution < -0.4 is 16.0 Å². The topological polar surface area (TPSA) is 67.1 Å². The number of nitrogens with one attached hydrogen (secondary N) is 1. The third-order valence-electron chi connectivity index (χ3n) is 3.02. The van der Waals surface area contributed by atoms with Crippen LogP contribution in [0.15, 0.2) is 12.4 Å². The lowest BCUT2D eigenvalue weighted by Gasteiger charge is -2.27. The number of nitrogens with zero attached hydrogens (tertiary/aromatic N) is 3. The molecule has 0 saturated heterocycles. The van der Waals surface area contributed by atoms with Gasteiger partial charge in [0.25, 0.3) is 0 Å². The van der Waals surface area contributed by atoms with Gasteiger partial charge in [0.2, 0.25) is 0 Å². The standard InChI is InChI=1S/C13H25N5/c1-10(2)18(5)12-8-11(15-9-16-12)17-13(3,4)6-7-14/h8-10H,6-7,14H2,1-5H3,(H,15,16,17). The van der Waals surface area contributed by atoms with Crippen LogP contribution in [-0.4, -0.2) is 35.1 Å². The molecule has 1 aromatic heterocycles. The van der Waals surface area contributed by atoms with Crippen molar-refractivity contribution in [3.8, 4) is 0 Å². The lowest BCUT2D eigenvalue weighted by Crippen LogP contribution is -2.34. The van der Waals surface area contributed by atoms with Crippen LogP contribution in [0.25, 0.3) is 0 Å². The molecule has 1 rings (SSSR count). The van der Waals surface area contributed by atoms with Gasteiger partial charge in [-0.05, 0) is 40.7 Å². The van der Waals surface area contributed by atoms with Gasteiger partial charge in [0, 0.05) is 24.7 Å². The smallest absolute Gasteiger partial charge is 0.134 e. The summed E-state index contributed by atoms with van der Waals surface area (Å²) in [6.07, 6.45) is 2.49. The lowest BCUT2D eigenvalue weighted by atomic mass is 10.0. The minimum Gasteiger partial charge on any atom is -0.365 e. The molecular weight excluding hydrogens is 226 g/mol. The number of aromatic nitrogens is 2. The van der Waals surface area contributed by atoms with Crippen LogP contribution in [0, 0.1) is 0 Å². The second kappa shape index (κ2) is 6.00. The van der Waals surface area contributed by atoms with Crippen molar-refractivity contribution >= 4 is 11.6 Å². The zero-order valence-electron chi connectivity index (χ0n) is 12.1. The molecule has 102 valence electrons. The summed E-state index contributed by atoms with van der Waals surface area (Å²) in [4.78, 5) is 10.7. The molecule has 5 nitrogen and oxygen atoms in total. The van der Waals surface area contributed by atoms with E-state index in [9.17, 15) is 0 Å². The first kappa shape index (κ1) is 14.7. The molecule has 0 saturated carbocycles. The third kappa shape index (κ3) is 4.14. The molecular formula is C13H25N5. The van der Waals surface area contributed by atoms with Crippen LogP contribution in [0.4, 0.5) is 11.6 Å². The van der Waals surface area contributed by atoms with Crippen molar-refractivity contribution in [3.05, 3.63) is 12.4 Å². The van der Waals surface area contributed by atoms with Crippen molar-refractivity contribution in [3.63, 3.8) is 0 Å². The van der Waals surface area contributed by atoms with E-state index < -0.39 is 0 Å². The Kier molecular flexibility index (Phi) is 4.90. The predicted octanol–water partition coefficient (Wildman–Crippen LogP) is 1.86. The first-order chi connectivity index (χ1) is 8.35. The Morgan fingerprint density at radius 2 is 2.06 bits per heavy atom. The fourth-order valence-corrected chi connectivity index (χ4v) is 1.64. The number of rotatable bonds is 6. The molecule has 1 aromatic rings. The monoisotopic (exact) mass is 251 g/mol. The average Bonchev–Trinajstić information content (AvgIpc) is 2.27. The van der Waals surface area contributed by atoms with Gasteiger partial charge in [-0.15, -0.1) is 0 Å². The van der Waals surface area contributed by atoms with Crippen LogP contribution in [0.5, 0.6) is 0 Å². The van der Waals surface area contributed by atoms with Crippen molar-refractivity contribution in [2.75, 3.05) is 23.8 Å². The maximum Gasteiger partial charge on any atom is 0.134 e. The van der Waals surface area contributed by atoms with Gasteiger partial charge in [0.05, 0.1) is 0 Å². The van der Waals surface area contributed by atoms with Crippen LogP contribution in [-0.2, 0) is 0 Å². The highest BCUT2D eigenvalue weighted by atomic mass is 15.2. The first-order valence-corrected chi connectivity index (χ1v) is 6.39. The zero-order valence-corrected chi connectivity index (χ0v) is 12.1. The van der Waals surface area contributed by atoms with Gasteiger partial charge < -0.3 is 16.0 Å². The molecule has 3 N–H and O–H groups in total. The molecule has 1 heterocycles. The Balaban J connectivity index is 2.82.